The van der Waals surface area contributed by atoms with Crippen LogP contribution in [0.15, 0.2) is 58.8 Å². The van der Waals surface area contributed by atoms with E-state index in [9.17, 15) is 0 Å². The average molecular weight is 335 g/mol. The highest BCUT2D eigenvalue weighted by molar-refractivity contribution is 7.99. The second-order valence-electron chi connectivity index (χ2n) is 4.67. The number of hydrogen-bond acceptors (Lipinski definition) is 4. The van der Waals surface area contributed by atoms with Gasteiger partial charge in [-0.25, -0.2) is 0 Å². The Morgan fingerprint density at radius 3 is 2.86 bits per heavy atom. The zero-order valence-electron chi connectivity index (χ0n) is 11.3. The first-order valence-corrected chi connectivity index (χ1v) is 8.83. The van der Waals surface area contributed by atoms with E-state index in [-0.39, 0.29) is 6.04 Å². The molecule has 3 aromatic rings. The molecule has 1 atom stereocenters. The van der Waals surface area contributed by atoms with Crippen LogP contribution in [0, 0.1) is 0 Å². The van der Waals surface area contributed by atoms with E-state index < -0.39 is 0 Å². The maximum atomic E-state index is 6.02. The minimum atomic E-state index is 0.108. The van der Waals surface area contributed by atoms with Crippen molar-refractivity contribution in [3.05, 3.63) is 64.5 Å². The largest absolute Gasteiger partial charge is 0.271 e. The molecule has 0 aliphatic rings. The number of rotatable bonds is 5. The fourth-order valence-corrected chi connectivity index (χ4v) is 4.50. The van der Waals surface area contributed by atoms with Crippen LogP contribution in [0.5, 0.6) is 0 Å². The summed E-state index contributed by atoms with van der Waals surface area (Å²) in [6, 6.07) is 16.5. The molecule has 0 spiro atoms. The van der Waals surface area contributed by atoms with Crippen molar-refractivity contribution in [2.24, 2.45) is 5.84 Å². The minimum absolute atomic E-state index is 0.108. The Bertz CT molecular complexity index is 742. The van der Waals surface area contributed by atoms with Crippen molar-refractivity contribution >= 4 is 44.8 Å². The molecule has 0 fully saturated rings. The van der Waals surface area contributed by atoms with E-state index in [1.165, 1.54) is 15.6 Å². The first-order chi connectivity index (χ1) is 10.3. The molecule has 1 unspecified atom stereocenters. The van der Waals surface area contributed by atoms with Crippen molar-refractivity contribution in [2.45, 2.75) is 10.9 Å². The number of halogens is 1. The lowest BCUT2D eigenvalue weighted by Crippen LogP contribution is -2.29. The molecule has 0 aliphatic carbocycles. The summed E-state index contributed by atoms with van der Waals surface area (Å²) in [4.78, 5) is 1.15. The maximum Gasteiger partial charge on any atom is 0.0568 e. The molecule has 1 heterocycles. The zero-order chi connectivity index (χ0) is 14.7. The summed E-state index contributed by atoms with van der Waals surface area (Å²) in [5.74, 6) is 6.63. The molecule has 3 N–H and O–H groups in total. The normalized spacial score (nSPS) is 12.7. The summed E-state index contributed by atoms with van der Waals surface area (Å²) in [6.45, 7) is 0. The number of fused-ring (bicyclic) bond motifs is 1. The Morgan fingerprint density at radius 1 is 1.19 bits per heavy atom. The molecule has 0 aliphatic heterocycles. The number of nitrogens with one attached hydrogen (secondary N) is 1. The molecule has 108 valence electrons. The Kier molecular flexibility index (Phi) is 4.83. The van der Waals surface area contributed by atoms with E-state index in [0.29, 0.717) is 0 Å². The maximum absolute atomic E-state index is 6.02. The van der Waals surface area contributed by atoms with Crippen molar-refractivity contribution in [2.75, 3.05) is 5.75 Å². The smallest absolute Gasteiger partial charge is 0.0568 e. The van der Waals surface area contributed by atoms with Crippen LogP contribution >= 0.6 is 34.7 Å². The third-order valence-corrected chi connectivity index (χ3v) is 5.60. The van der Waals surface area contributed by atoms with E-state index in [2.05, 4.69) is 41.1 Å². The predicted molar refractivity (Wildman–Crippen MR) is 94.1 cm³/mol. The molecule has 0 bridgehead atoms. The fourth-order valence-electron chi connectivity index (χ4n) is 2.25. The van der Waals surface area contributed by atoms with Gasteiger partial charge in [-0.15, -0.1) is 23.1 Å². The van der Waals surface area contributed by atoms with Crippen molar-refractivity contribution in [1.29, 1.82) is 0 Å². The van der Waals surface area contributed by atoms with Gasteiger partial charge >= 0.3 is 0 Å². The summed E-state index contributed by atoms with van der Waals surface area (Å²) in [5.41, 5.74) is 4.19. The van der Waals surface area contributed by atoms with Gasteiger partial charge in [-0.3, -0.25) is 11.3 Å². The zero-order valence-corrected chi connectivity index (χ0v) is 13.6. The van der Waals surface area contributed by atoms with Crippen LogP contribution in [-0.4, -0.2) is 5.75 Å². The minimum Gasteiger partial charge on any atom is -0.271 e. The Hall–Kier alpha value is -1.04. The summed E-state index contributed by atoms with van der Waals surface area (Å²) < 4.78 is 1.30. The lowest BCUT2D eigenvalue weighted by Gasteiger charge is -2.17. The third-order valence-electron chi connectivity index (χ3n) is 3.30. The molecule has 0 radical (unpaired) electrons. The first kappa shape index (κ1) is 14.9. The number of thiophene rings is 1. The van der Waals surface area contributed by atoms with Crippen molar-refractivity contribution in [1.82, 2.24) is 5.43 Å². The van der Waals surface area contributed by atoms with Crippen molar-refractivity contribution < 1.29 is 0 Å². The van der Waals surface area contributed by atoms with Crippen molar-refractivity contribution in [3.63, 3.8) is 0 Å². The third kappa shape index (κ3) is 3.42. The standard InChI is InChI=1S/C16H15ClN2S2/c17-12-4-2-5-13(9-12)21-10-15(19-18)14-6-1-3-11-7-8-20-16(11)14/h1-9,15,19H,10,18H2. The first-order valence-electron chi connectivity index (χ1n) is 6.58. The van der Waals surface area contributed by atoms with Gasteiger partial charge in [0.15, 0.2) is 0 Å². The van der Waals surface area contributed by atoms with Crippen LogP contribution in [0.4, 0.5) is 0 Å². The molecule has 5 heteroatoms. The highest BCUT2D eigenvalue weighted by atomic mass is 35.5. The molecule has 0 amide bonds. The van der Waals surface area contributed by atoms with Gasteiger partial charge < -0.3 is 0 Å². The van der Waals surface area contributed by atoms with Crippen LogP contribution in [0.3, 0.4) is 0 Å². The fraction of sp³-hybridized carbons (Fsp3) is 0.125. The molecule has 1 aromatic heterocycles. The summed E-state index contributed by atoms with van der Waals surface area (Å²) in [5, 5.41) is 4.15. The lowest BCUT2D eigenvalue weighted by molar-refractivity contribution is 0.615. The molecule has 2 aromatic carbocycles. The highest BCUT2D eigenvalue weighted by Crippen LogP contribution is 2.32. The second-order valence-corrected chi connectivity index (χ2v) is 7.12. The topological polar surface area (TPSA) is 38.0 Å². The molecule has 0 saturated carbocycles. The van der Waals surface area contributed by atoms with Gasteiger partial charge in [0.25, 0.3) is 0 Å². The molecular weight excluding hydrogens is 320 g/mol. The lowest BCUT2D eigenvalue weighted by atomic mass is 10.1. The second kappa shape index (κ2) is 6.81. The Labute approximate surface area is 137 Å². The van der Waals surface area contributed by atoms with Gasteiger partial charge in [-0.1, -0.05) is 35.9 Å². The van der Waals surface area contributed by atoms with Crippen molar-refractivity contribution in [3.8, 4) is 0 Å². The number of nitrogens with two attached hydrogens (primary N) is 1. The van der Waals surface area contributed by atoms with Gasteiger partial charge in [0, 0.05) is 20.4 Å². The SMILES string of the molecule is NNC(CSc1cccc(Cl)c1)c1cccc2ccsc12. The van der Waals surface area contributed by atoms with Crippen LogP contribution in [0.2, 0.25) is 5.02 Å². The molecule has 3 rings (SSSR count). The monoisotopic (exact) mass is 334 g/mol. The number of hydrogen-bond donors (Lipinski definition) is 2. The predicted octanol–water partition coefficient (Wildman–Crippen LogP) is 4.85. The van der Waals surface area contributed by atoms with Gasteiger partial charge in [-0.2, -0.15) is 0 Å². The molecule has 21 heavy (non-hydrogen) atoms. The van der Waals surface area contributed by atoms with E-state index >= 15 is 0 Å². The number of hydrazine groups is 1. The number of benzene rings is 2. The highest BCUT2D eigenvalue weighted by Gasteiger charge is 2.14. The van der Waals surface area contributed by atoms with E-state index in [0.717, 1.165) is 15.7 Å². The molecule has 2 nitrogen and oxygen atoms in total. The van der Waals surface area contributed by atoms with Gasteiger partial charge in [0.2, 0.25) is 0 Å². The van der Waals surface area contributed by atoms with Crippen LogP contribution in [0.1, 0.15) is 11.6 Å². The van der Waals surface area contributed by atoms with Gasteiger partial charge in [0.05, 0.1) is 6.04 Å². The van der Waals surface area contributed by atoms with Crippen LogP contribution in [-0.2, 0) is 0 Å². The van der Waals surface area contributed by atoms with Gasteiger partial charge in [-0.05, 0) is 40.6 Å². The Balaban J connectivity index is 1.80. The quantitative estimate of drug-likeness (QED) is 0.398. The summed E-state index contributed by atoms with van der Waals surface area (Å²) >= 11 is 9.53. The van der Waals surface area contributed by atoms with Crippen LogP contribution < -0.4 is 11.3 Å². The average Bonchev–Trinajstić information content (AvgIpc) is 2.97. The van der Waals surface area contributed by atoms with Crippen LogP contribution in [0.25, 0.3) is 10.1 Å². The molecule has 0 saturated heterocycles. The van der Waals surface area contributed by atoms with E-state index in [4.69, 9.17) is 17.4 Å². The molecular formula is C16H15ClN2S2. The Morgan fingerprint density at radius 2 is 2.05 bits per heavy atom. The van der Waals surface area contributed by atoms with Gasteiger partial charge in [0.1, 0.15) is 0 Å². The van der Waals surface area contributed by atoms with E-state index in [1.807, 2.05) is 18.2 Å². The van der Waals surface area contributed by atoms with E-state index in [1.54, 1.807) is 23.1 Å². The summed E-state index contributed by atoms with van der Waals surface area (Å²) in [7, 11) is 0. The summed E-state index contributed by atoms with van der Waals surface area (Å²) in [6.07, 6.45) is 0. The number of thioether (sulfide) groups is 1.